The Kier molecular flexibility index (Phi) is 6.52. The molecule has 1 amide bonds. The summed E-state index contributed by atoms with van der Waals surface area (Å²) in [5.74, 6) is 1.37. The van der Waals surface area contributed by atoms with E-state index >= 15 is 0 Å². The number of hydrogen-bond donors (Lipinski definition) is 1. The summed E-state index contributed by atoms with van der Waals surface area (Å²) >= 11 is 6.12. The van der Waals surface area contributed by atoms with Gasteiger partial charge in [-0.2, -0.15) is 0 Å². The van der Waals surface area contributed by atoms with Gasteiger partial charge in [-0.15, -0.1) is 0 Å². The molecule has 0 heterocycles. The monoisotopic (exact) mass is 435 g/mol. The zero-order chi connectivity index (χ0) is 21.8. The van der Waals surface area contributed by atoms with Crippen molar-refractivity contribution < 1.29 is 9.53 Å². The van der Waals surface area contributed by atoms with Crippen LogP contribution in [0, 0.1) is 5.92 Å². The van der Waals surface area contributed by atoms with Crippen molar-refractivity contribution in [1.82, 2.24) is 0 Å². The van der Waals surface area contributed by atoms with Gasteiger partial charge in [-0.1, -0.05) is 81.1 Å². The minimum Gasteiger partial charge on any atom is -0.493 e. The molecule has 0 spiro atoms. The van der Waals surface area contributed by atoms with Gasteiger partial charge in [0.2, 0.25) is 5.91 Å². The van der Waals surface area contributed by atoms with E-state index in [4.69, 9.17) is 16.3 Å². The smallest absolute Gasteiger partial charge is 0.235 e. The Morgan fingerprint density at radius 3 is 2.32 bits per heavy atom. The number of benzene rings is 3. The number of ether oxygens (including phenoxy) is 1. The van der Waals surface area contributed by atoms with Gasteiger partial charge in [0.05, 0.1) is 12.0 Å². The summed E-state index contributed by atoms with van der Waals surface area (Å²) in [5.41, 5.74) is 1.36. The molecule has 1 saturated carbocycles. The van der Waals surface area contributed by atoms with Gasteiger partial charge in [0.1, 0.15) is 5.75 Å². The van der Waals surface area contributed by atoms with E-state index in [9.17, 15) is 4.79 Å². The fraction of sp³-hybridized carbons (Fsp3) is 0.370. The fourth-order valence-electron chi connectivity index (χ4n) is 4.58. The van der Waals surface area contributed by atoms with Gasteiger partial charge in [0.15, 0.2) is 0 Å². The van der Waals surface area contributed by atoms with Crippen molar-refractivity contribution in [3.05, 3.63) is 71.2 Å². The van der Waals surface area contributed by atoms with E-state index in [2.05, 4.69) is 25.2 Å². The predicted octanol–water partition coefficient (Wildman–Crippen LogP) is 7.37. The first-order valence-corrected chi connectivity index (χ1v) is 11.6. The van der Waals surface area contributed by atoms with Crippen molar-refractivity contribution in [2.45, 2.75) is 51.4 Å². The summed E-state index contributed by atoms with van der Waals surface area (Å²) in [6.45, 7) is 4.93. The lowest BCUT2D eigenvalue weighted by molar-refractivity contribution is -0.122. The van der Waals surface area contributed by atoms with Crippen molar-refractivity contribution in [2.24, 2.45) is 5.92 Å². The van der Waals surface area contributed by atoms with E-state index in [1.807, 2.05) is 54.6 Å². The van der Waals surface area contributed by atoms with Gasteiger partial charge in [-0.25, -0.2) is 0 Å². The maximum absolute atomic E-state index is 13.7. The number of amides is 1. The topological polar surface area (TPSA) is 38.3 Å². The van der Waals surface area contributed by atoms with Crippen LogP contribution >= 0.6 is 11.6 Å². The molecule has 1 aliphatic rings. The third kappa shape index (κ3) is 4.57. The number of fused-ring (bicyclic) bond motifs is 1. The van der Waals surface area contributed by atoms with Crippen LogP contribution in [0.1, 0.15) is 51.5 Å². The maximum atomic E-state index is 13.7. The second kappa shape index (κ2) is 9.32. The van der Waals surface area contributed by atoms with Crippen LogP contribution in [0.4, 0.5) is 5.69 Å². The second-order valence-electron chi connectivity index (χ2n) is 8.97. The lowest BCUT2D eigenvalue weighted by Gasteiger charge is -2.36. The molecule has 0 aliphatic heterocycles. The standard InChI is InChI=1S/C27H30ClNO2/c1-19(2)18-31-25-15-14-24(22-8-4-5-9-23(22)25)29-26(30)27(16-6-3-7-17-27)20-10-12-21(28)13-11-20/h4-5,8-15,19H,3,6-7,16-18H2,1-2H3,(H,29,30). The molecule has 0 atom stereocenters. The summed E-state index contributed by atoms with van der Waals surface area (Å²) in [6, 6.07) is 19.8. The number of carbonyl (C=O) groups is 1. The molecular formula is C27H30ClNO2. The Bertz CT molecular complexity index is 1050. The molecular weight excluding hydrogens is 406 g/mol. The number of halogens is 1. The summed E-state index contributed by atoms with van der Waals surface area (Å²) in [4.78, 5) is 13.7. The number of nitrogens with one attached hydrogen (secondary N) is 1. The molecule has 0 bridgehead atoms. The molecule has 3 aromatic carbocycles. The molecule has 0 radical (unpaired) electrons. The summed E-state index contributed by atoms with van der Waals surface area (Å²) < 4.78 is 6.03. The van der Waals surface area contributed by atoms with E-state index in [1.54, 1.807) is 0 Å². The Morgan fingerprint density at radius 1 is 0.968 bits per heavy atom. The van der Waals surface area contributed by atoms with Crippen molar-refractivity contribution in [3.8, 4) is 5.75 Å². The first kappa shape index (κ1) is 21.7. The van der Waals surface area contributed by atoms with Crippen molar-refractivity contribution >= 4 is 34.0 Å². The Hall–Kier alpha value is -2.52. The molecule has 4 rings (SSSR count). The van der Waals surface area contributed by atoms with E-state index in [1.165, 1.54) is 6.42 Å². The average molecular weight is 436 g/mol. The molecule has 1 fully saturated rings. The molecule has 3 aromatic rings. The SMILES string of the molecule is CC(C)COc1ccc(NC(=O)C2(c3ccc(Cl)cc3)CCCCC2)c2ccccc12. The molecule has 4 heteroatoms. The van der Waals surface area contributed by atoms with Gasteiger partial charge >= 0.3 is 0 Å². The Morgan fingerprint density at radius 2 is 1.65 bits per heavy atom. The molecule has 0 unspecified atom stereocenters. The molecule has 1 N–H and O–H groups in total. The van der Waals surface area contributed by atoms with Crippen LogP contribution < -0.4 is 10.1 Å². The van der Waals surface area contributed by atoms with Crippen molar-refractivity contribution in [1.29, 1.82) is 0 Å². The van der Waals surface area contributed by atoms with Gasteiger partial charge < -0.3 is 10.1 Å². The number of hydrogen-bond acceptors (Lipinski definition) is 2. The molecule has 1 aliphatic carbocycles. The third-order valence-electron chi connectivity index (χ3n) is 6.24. The fourth-order valence-corrected chi connectivity index (χ4v) is 4.70. The van der Waals surface area contributed by atoms with Crippen LogP contribution in [0.25, 0.3) is 10.8 Å². The quantitative estimate of drug-likeness (QED) is 0.439. The molecule has 3 nitrogen and oxygen atoms in total. The number of carbonyl (C=O) groups excluding carboxylic acids is 1. The van der Waals surface area contributed by atoms with Crippen LogP contribution in [-0.4, -0.2) is 12.5 Å². The first-order chi connectivity index (χ1) is 15.0. The summed E-state index contributed by atoms with van der Waals surface area (Å²) in [6.07, 6.45) is 4.99. The lowest BCUT2D eigenvalue weighted by Crippen LogP contribution is -2.42. The highest BCUT2D eigenvalue weighted by atomic mass is 35.5. The van der Waals surface area contributed by atoms with E-state index in [0.717, 1.165) is 53.5 Å². The third-order valence-corrected chi connectivity index (χ3v) is 6.49. The summed E-state index contributed by atoms with van der Waals surface area (Å²) in [7, 11) is 0. The van der Waals surface area contributed by atoms with Crippen LogP contribution in [0.3, 0.4) is 0 Å². The van der Waals surface area contributed by atoms with Crippen LogP contribution in [-0.2, 0) is 10.2 Å². The van der Waals surface area contributed by atoms with E-state index in [-0.39, 0.29) is 5.91 Å². The predicted molar refractivity (Wildman–Crippen MR) is 129 cm³/mol. The van der Waals surface area contributed by atoms with Crippen molar-refractivity contribution in [2.75, 3.05) is 11.9 Å². The average Bonchev–Trinajstić information content (AvgIpc) is 2.79. The van der Waals surface area contributed by atoms with Gasteiger partial charge in [-0.3, -0.25) is 4.79 Å². The normalized spacial score (nSPS) is 15.7. The zero-order valence-electron chi connectivity index (χ0n) is 18.3. The van der Waals surface area contributed by atoms with Crippen molar-refractivity contribution in [3.63, 3.8) is 0 Å². The van der Waals surface area contributed by atoms with Crippen LogP contribution in [0.5, 0.6) is 5.75 Å². The molecule has 31 heavy (non-hydrogen) atoms. The number of rotatable bonds is 6. The highest BCUT2D eigenvalue weighted by Gasteiger charge is 2.41. The lowest BCUT2D eigenvalue weighted by atomic mass is 9.68. The Balaban J connectivity index is 1.68. The molecule has 162 valence electrons. The maximum Gasteiger partial charge on any atom is 0.235 e. The highest BCUT2D eigenvalue weighted by molar-refractivity contribution is 6.30. The zero-order valence-corrected chi connectivity index (χ0v) is 19.0. The Labute approximate surface area is 189 Å². The molecule has 0 aromatic heterocycles. The van der Waals surface area contributed by atoms with Crippen LogP contribution in [0.2, 0.25) is 5.02 Å². The minimum absolute atomic E-state index is 0.0653. The van der Waals surface area contributed by atoms with E-state index in [0.29, 0.717) is 17.5 Å². The first-order valence-electron chi connectivity index (χ1n) is 11.2. The highest BCUT2D eigenvalue weighted by Crippen LogP contribution is 2.42. The number of anilines is 1. The van der Waals surface area contributed by atoms with Gasteiger partial charge in [0.25, 0.3) is 0 Å². The van der Waals surface area contributed by atoms with Gasteiger partial charge in [0, 0.05) is 21.5 Å². The largest absolute Gasteiger partial charge is 0.493 e. The van der Waals surface area contributed by atoms with Gasteiger partial charge in [-0.05, 0) is 48.6 Å². The van der Waals surface area contributed by atoms with E-state index < -0.39 is 5.41 Å². The summed E-state index contributed by atoms with van der Waals surface area (Å²) in [5, 5.41) is 5.98. The second-order valence-corrected chi connectivity index (χ2v) is 9.40. The van der Waals surface area contributed by atoms with Crippen LogP contribution in [0.15, 0.2) is 60.7 Å². The minimum atomic E-state index is -0.517. The molecule has 0 saturated heterocycles.